The molecule has 0 bridgehead atoms. The van der Waals surface area contributed by atoms with E-state index in [2.05, 4.69) is 20.2 Å². The van der Waals surface area contributed by atoms with E-state index in [0.29, 0.717) is 6.42 Å². The van der Waals surface area contributed by atoms with Crippen LogP contribution in [0.3, 0.4) is 0 Å². The molecule has 6 nitrogen and oxygen atoms in total. The Morgan fingerprint density at radius 1 is 1.37 bits per heavy atom. The van der Waals surface area contributed by atoms with E-state index >= 15 is 0 Å². The van der Waals surface area contributed by atoms with E-state index in [4.69, 9.17) is 5.14 Å². The van der Waals surface area contributed by atoms with Gasteiger partial charge < -0.3 is 4.90 Å². The molecule has 0 radical (unpaired) electrons. The molecule has 0 unspecified atom stereocenters. The lowest BCUT2D eigenvalue weighted by atomic mass is 10.3. The van der Waals surface area contributed by atoms with Crippen molar-refractivity contribution in [1.82, 2.24) is 9.88 Å². The zero-order chi connectivity index (χ0) is 13.9. The molecule has 2 heterocycles. The van der Waals surface area contributed by atoms with Gasteiger partial charge in [0.15, 0.2) is 5.13 Å². The van der Waals surface area contributed by atoms with Gasteiger partial charge in [-0.3, -0.25) is 4.90 Å². The maximum Gasteiger partial charge on any atom is 0.209 e. The molecule has 0 spiro atoms. The van der Waals surface area contributed by atoms with Crippen LogP contribution in [0.2, 0.25) is 0 Å². The van der Waals surface area contributed by atoms with Gasteiger partial charge in [-0.2, -0.15) is 0 Å². The molecule has 0 aromatic carbocycles. The zero-order valence-electron chi connectivity index (χ0n) is 11.1. The van der Waals surface area contributed by atoms with Gasteiger partial charge in [-0.15, -0.1) is 11.3 Å². The summed E-state index contributed by atoms with van der Waals surface area (Å²) in [6.45, 7) is 6.59. The summed E-state index contributed by atoms with van der Waals surface area (Å²) in [5.41, 5.74) is 1.07. The fraction of sp³-hybridized carbons (Fsp3) is 0.727. The second-order valence-corrected chi connectivity index (χ2v) is 7.39. The monoisotopic (exact) mass is 304 g/mol. The average molecular weight is 304 g/mol. The van der Waals surface area contributed by atoms with Gasteiger partial charge in [0.2, 0.25) is 10.0 Å². The summed E-state index contributed by atoms with van der Waals surface area (Å²) >= 11 is 1.68. The van der Waals surface area contributed by atoms with Crippen molar-refractivity contribution in [3.63, 3.8) is 0 Å². The number of aromatic nitrogens is 1. The molecule has 0 atom stereocenters. The SMILES string of the molecule is Cc1csc(N2CCN(CCCS(N)(=O)=O)CC2)n1. The Morgan fingerprint density at radius 2 is 2.05 bits per heavy atom. The van der Waals surface area contributed by atoms with Gasteiger partial charge in [-0.25, -0.2) is 18.5 Å². The number of thiazole rings is 1. The molecule has 0 saturated carbocycles. The first kappa shape index (κ1) is 14.7. The number of piperazine rings is 1. The van der Waals surface area contributed by atoms with Crippen LogP contribution in [0.4, 0.5) is 5.13 Å². The smallest absolute Gasteiger partial charge is 0.209 e. The largest absolute Gasteiger partial charge is 0.346 e. The van der Waals surface area contributed by atoms with Crippen molar-refractivity contribution in [3.05, 3.63) is 11.1 Å². The quantitative estimate of drug-likeness (QED) is 0.843. The Bertz CT molecular complexity index is 507. The number of hydrogen-bond acceptors (Lipinski definition) is 6. The highest BCUT2D eigenvalue weighted by Crippen LogP contribution is 2.21. The Hall–Kier alpha value is -0.700. The van der Waals surface area contributed by atoms with Crippen LogP contribution in [-0.2, 0) is 10.0 Å². The molecule has 1 saturated heterocycles. The Kier molecular flexibility index (Phi) is 4.77. The van der Waals surface area contributed by atoms with Crippen molar-refractivity contribution in [2.45, 2.75) is 13.3 Å². The fourth-order valence-electron chi connectivity index (χ4n) is 2.14. The maximum absolute atomic E-state index is 10.9. The van der Waals surface area contributed by atoms with Crippen molar-refractivity contribution in [2.75, 3.05) is 43.4 Å². The molecular weight excluding hydrogens is 284 g/mol. The van der Waals surface area contributed by atoms with Crippen LogP contribution in [0, 0.1) is 6.92 Å². The summed E-state index contributed by atoms with van der Waals surface area (Å²) in [5, 5.41) is 8.14. The third-order valence-corrected chi connectivity index (χ3v) is 5.03. The van der Waals surface area contributed by atoms with Gasteiger partial charge in [0.1, 0.15) is 0 Å². The summed E-state index contributed by atoms with van der Waals surface area (Å²) in [6.07, 6.45) is 0.606. The minimum atomic E-state index is -3.32. The normalized spacial score (nSPS) is 17.9. The number of nitrogens with two attached hydrogens (primary N) is 1. The van der Waals surface area contributed by atoms with Crippen LogP contribution in [0.15, 0.2) is 5.38 Å². The van der Waals surface area contributed by atoms with Gasteiger partial charge in [-0.1, -0.05) is 0 Å². The molecule has 0 aliphatic carbocycles. The second kappa shape index (κ2) is 6.17. The maximum atomic E-state index is 10.9. The standard InChI is InChI=1S/C11H20N4O2S2/c1-10-9-18-11(13-10)15-6-4-14(5-7-15)3-2-8-19(12,16)17/h9H,2-8H2,1H3,(H2,12,16,17). The first-order valence-corrected chi connectivity index (χ1v) is 8.93. The molecule has 2 rings (SSSR count). The molecule has 2 N–H and O–H groups in total. The number of primary sulfonamides is 1. The molecule has 19 heavy (non-hydrogen) atoms. The van der Waals surface area contributed by atoms with E-state index in [0.717, 1.165) is 43.5 Å². The first-order valence-electron chi connectivity index (χ1n) is 6.34. The average Bonchev–Trinajstić information content (AvgIpc) is 2.75. The van der Waals surface area contributed by atoms with Crippen molar-refractivity contribution in [2.24, 2.45) is 5.14 Å². The van der Waals surface area contributed by atoms with Crippen LogP contribution in [0.25, 0.3) is 0 Å². The Labute approximate surface area is 118 Å². The second-order valence-electron chi connectivity index (χ2n) is 4.82. The first-order chi connectivity index (χ1) is 8.94. The van der Waals surface area contributed by atoms with Crippen LogP contribution in [0.5, 0.6) is 0 Å². The number of sulfonamides is 1. The number of aryl methyl sites for hydroxylation is 1. The van der Waals surface area contributed by atoms with Gasteiger partial charge in [0.05, 0.1) is 11.4 Å². The summed E-state index contributed by atoms with van der Waals surface area (Å²) in [4.78, 5) is 9.05. The van der Waals surface area contributed by atoms with E-state index in [1.807, 2.05) is 6.92 Å². The third-order valence-electron chi connectivity index (χ3n) is 3.15. The lowest BCUT2D eigenvalue weighted by Gasteiger charge is -2.34. The van der Waals surface area contributed by atoms with Crippen molar-refractivity contribution < 1.29 is 8.42 Å². The predicted octanol–water partition coefficient (Wildman–Crippen LogP) is 0.252. The number of rotatable bonds is 5. The molecule has 1 aliphatic rings. The predicted molar refractivity (Wildman–Crippen MR) is 78.1 cm³/mol. The van der Waals surface area contributed by atoms with Gasteiger partial charge >= 0.3 is 0 Å². The van der Waals surface area contributed by atoms with Crippen molar-refractivity contribution in [1.29, 1.82) is 0 Å². The van der Waals surface area contributed by atoms with Crippen LogP contribution in [0.1, 0.15) is 12.1 Å². The molecule has 108 valence electrons. The van der Waals surface area contributed by atoms with E-state index in [-0.39, 0.29) is 5.75 Å². The summed E-state index contributed by atoms with van der Waals surface area (Å²) in [6, 6.07) is 0. The van der Waals surface area contributed by atoms with E-state index in [1.165, 1.54) is 0 Å². The van der Waals surface area contributed by atoms with Gasteiger partial charge in [0, 0.05) is 31.6 Å². The number of nitrogens with zero attached hydrogens (tertiary/aromatic N) is 3. The van der Waals surface area contributed by atoms with Crippen LogP contribution < -0.4 is 10.0 Å². The minimum absolute atomic E-state index is 0.0683. The topological polar surface area (TPSA) is 79.5 Å². The lowest BCUT2D eigenvalue weighted by Crippen LogP contribution is -2.46. The molecule has 1 aromatic heterocycles. The Morgan fingerprint density at radius 3 is 2.58 bits per heavy atom. The van der Waals surface area contributed by atoms with Crippen LogP contribution >= 0.6 is 11.3 Å². The number of hydrogen-bond donors (Lipinski definition) is 1. The van der Waals surface area contributed by atoms with Crippen LogP contribution in [-0.4, -0.2) is 56.8 Å². The molecular formula is C11H20N4O2S2. The third kappa shape index (κ3) is 4.72. The number of anilines is 1. The molecule has 1 aliphatic heterocycles. The molecule has 8 heteroatoms. The summed E-state index contributed by atoms with van der Waals surface area (Å²) < 4.78 is 21.7. The summed E-state index contributed by atoms with van der Waals surface area (Å²) in [5.74, 6) is 0.0683. The molecule has 1 aromatic rings. The Balaban J connectivity index is 1.73. The zero-order valence-corrected chi connectivity index (χ0v) is 12.7. The summed E-state index contributed by atoms with van der Waals surface area (Å²) in [7, 11) is -3.32. The highest BCUT2D eigenvalue weighted by atomic mass is 32.2. The highest BCUT2D eigenvalue weighted by molar-refractivity contribution is 7.89. The minimum Gasteiger partial charge on any atom is -0.346 e. The van der Waals surface area contributed by atoms with E-state index < -0.39 is 10.0 Å². The van der Waals surface area contributed by atoms with E-state index in [9.17, 15) is 8.42 Å². The van der Waals surface area contributed by atoms with Gasteiger partial charge in [-0.05, 0) is 19.9 Å². The van der Waals surface area contributed by atoms with Crippen molar-refractivity contribution in [3.8, 4) is 0 Å². The lowest BCUT2D eigenvalue weighted by molar-refractivity contribution is 0.258. The molecule has 1 fully saturated rings. The van der Waals surface area contributed by atoms with Gasteiger partial charge in [0.25, 0.3) is 0 Å². The highest BCUT2D eigenvalue weighted by Gasteiger charge is 2.19. The fourth-order valence-corrected chi connectivity index (χ4v) is 3.53. The van der Waals surface area contributed by atoms with Crippen molar-refractivity contribution >= 4 is 26.5 Å². The molecule has 0 amide bonds. The van der Waals surface area contributed by atoms with E-state index in [1.54, 1.807) is 11.3 Å².